The molecule has 1 fully saturated rings. The van der Waals surface area contributed by atoms with Crippen molar-refractivity contribution in [3.63, 3.8) is 0 Å². The van der Waals surface area contributed by atoms with Gasteiger partial charge < -0.3 is 4.18 Å². The largest absolute Gasteiger partial charge is 0.534 e. The van der Waals surface area contributed by atoms with Crippen molar-refractivity contribution >= 4 is 15.9 Å². The van der Waals surface area contributed by atoms with Crippen molar-refractivity contribution in [2.24, 2.45) is 5.92 Å². The average molecular weight is 320 g/mol. The Morgan fingerprint density at radius 2 is 1.86 bits per heavy atom. The summed E-state index contributed by atoms with van der Waals surface area (Å²) in [4.78, 5) is 11.5. The SMILES string of the molecule is Cc1ccc(OS(=O)(=O)C(F)(F)F)c2c1C1CC(=O)C1C2. The molecule has 8 heteroatoms. The monoisotopic (exact) mass is 320 g/mol. The minimum atomic E-state index is -5.70. The van der Waals surface area contributed by atoms with E-state index in [2.05, 4.69) is 4.18 Å². The van der Waals surface area contributed by atoms with Gasteiger partial charge >= 0.3 is 15.6 Å². The predicted octanol–water partition coefficient (Wildman–Crippen LogP) is 2.45. The van der Waals surface area contributed by atoms with E-state index in [9.17, 15) is 26.4 Å². The van der Waals surface area contributed by atoms with Gasteiger partial charge in [-0.05, 0) is 30.5 Å². The predicted molar refractivity (Wildman–Crippen MR) is 66.3 cm³/mol. The van der Waals surface area contributed by atoms with E-state index in [1.165, 1.54) is 12.1 Å². The van der Waals surface area contributed by atoms with Crippen LogP contribution in [0.5, 0.6) is 5.75 Å². The van der Waals surface area contributed by atoms with Crippen molar-refractivity contribution in [3.8, 4) is 5.75 Å². The van der Waals surface area contributed by atoms with Crippen LogP contribution in [0.3, 0.4) is 0 Å². The molecule has 0 heterocycles. The maximum absolute atomic E-state index is 12.4. The third-order valence-electron chi connectivity index (χ3n) is 4.13. The number of carbonyl (C=O) groups is 1. The van der Waals surface area contributed by atoms with Crippen LogP contribution < -0.4 is 4.18 Å². The van der Waals surface area contributed by atoms with Gasteiger partial charge in [0.25, 0.3) is 0 Å². The Hall–Kier alpha value is -1.57. The third-order valence-corrected chi connectivity index (χ3v) is 5.10. The molecule has 1 aromatic rings. The fourth-order valence-corrected chi connectivity index (χ4v) is 3.57. The first-order valence-corrected chi connectivity index (χ1v) is 7.68. The van der Waals surface area contributed by atoms with E-state index in [4.69, 9.17) is 0 Å². The summed E-state index contributed by atoms with van der Waals surface area (Å²) in [6.07, 6.45) is 0.594. The zero-order valence-corrected chi connectivity index (χ0v) is 11.7. The number of rotatable bonds is 2. The van der Waals surface area contributed by atoms with Gasteiger partial charge in [-0.1, -0.05) is 6.07 Å². The van der Waals surface area contributed by atoms with E-state index in [0.29, 0.717) is 12.0 Å². The molecule has 21 heavy (non-hydrogen) atoms. The van der Waals surface area contributed by atoms with E-state index >= 15 is 0 Å². The van der Waals surface area contributed by atoms with E-state index < -0.39 is 15.6 Å². The highest BCUT2D eigenvalue weighted by Gasteiger charge is 2.51. The molecule has 2 atom stereocenters. The van der Waals surface area contributed by atoms with Crippen LogP contribution in [0.25, 0.3) is 0 Å². The summed E-state index contributed by atoms with van der Waals surface area (Å²) in [6, 6.07) is 2.73. The van der Waals surface area contributed by atoms with E-state index in [-0.39, 0.29) is 29.8 Å². The normalized spacial score (nSPS) is 24.3. The van der Waals surface area contributed by atoms with Crippen molar-refractivity contribution in [2.75, 3.05) is 0 Å². The molecule has 0 spiro atoms. The molecule has 1 saturated carbocycles. The standard InChI is InChI=1S/C13H11F3O4S/c1-6-2-3-11(20-21(18,19)13(14,15)16)9-4-7-8(12(6)9)5-10(7)17/h2-3,7-8H,4-5H2,1H3. The van der Waals surface area contributed by atoms with Gasteiger partial charge in [0.2, 0.25) is 0 Å². The van der Waals surface area contributed by atoms with Gasteiger partial charge in [0, 0.05) is 23.8 Å². The summed E-state index contributed by atoms with van der Waals surface area (Å²) in [5, 5.41) is 0. The van der Waals surface area contributed by atoms with Gasteiger partial charge in [0.15, 0.2) is 0 Å². The molecule has 0 amide bonds. The molecule has 0 radical (unpaired) electrons. The van der Waals surface area contributed by atoms with Crippen molar-refractivity contribution < 1.29 is 30.6 Å². The average Bonchev–Trinajstić information content (AvgIpc) is 2.66. The van der Waals surface area contributed by atoms with Gasteiger partial charge in [-0.25, -0.2) is 0 Å². The number of hydrogen-bond acceptors (Lipinski definition) is 4. The second kappa shape index (κ2) is 4.22. The number of carbonyl (C=O) groups excluding carboxylic acids is 1. The Morgan fingerprint density at radius 3 is 2.43 bits per heavy atom. The lowest BCUT2D eigenvalue weighted by molar-refractivity contribution is -0.130. The topological polar surface area (TPSA) is 60.4 Å². The molecule has 4 nitrogen and oxygen atoms in total. The van der Waals surface area contributed by atoms with Gasteiger partial charge in [-0.2, -0.15) is 21.6 Å². The van der Waals surface area contributed by atoms with Gasteiger partial charge in [-0.3, -0.25) is 4.79 Å². The highest BCUT2D eigenvalue weighted by molar-refractivity contribution is 7.88. The Bertz CT molecular complexity index is 737. The highest BCUT2D eigenvalue weighted by Crippen LogP contribution is 2.52. The van der Waals surface area contributed by atoms with E-state index in [1.807, 2.05) is 0 Å². The number of hydrogen-bond donors (Lipinski definition) is 0. The van der Waals surface area contributed by atoms with Crippen LogP contribution in [0.1, 0.15) is 29.0 Å². The number of aryl methyl sites for hydroxylation is 1. The summed E-state index contributed by atoms with van der Waals surface area (Å²) in [5.41, 5.74) is -3.47. The Morgan fingerprint density at radius 1 is 1.19 bits per heavy atom. The van der Waals surface area contributed by atoms with Gasteiger partial charge in [0.1, 0.15) is 11.5 Å². The first kappa shape index (κ1) is 14.4. The van der Waals surface area contributed by atoms with Crippen molar-refractivity contribution in [1.29, 1.82) is 0 Å². The van der Waals surface area contributed by atoms with Gasteiger partial charge in [-0.15, -0.1) is 0 Å². The summed E-state index contributed by atoms with van der Waals surface area (Å²) in [7, 11) is -5.70. The van der Waals surface area contributed by atoms with E-state index in [0.717, 1.165) is 11.1 Å². The van der Waals surface area contributed by atoms with Gasteiger partial charge in [0.05, 0.1) is 0 Å². The number of fused-ring (bicyclic) bond motifs is 3. The minimum absolute atomic E-state index is 0.0235. The number of alkyl halides is 3. The quantitative estimate of drug-likeness (QED) is 0.620. The summed E-state index contributed by atoms with van der Waals surface area (Å²) in [6.45, 7) is 1.78. The maximum atomic E-state index is 12.4. The first-order valence-electron chi connectivity index (χ1n) is 6.27. The van der Waals surface area contributed by atoms with Crippen molar-refractivity contribution in [2.45, 2.75) is 31.2 Å². The summed E-state index contributed by atoms with van der Waals surface area (Å²) >= 11 is 0. The molecule has 0 aliphatic heterocycles. The summed E-state index contributed by atoms with van der Waals surface area (Å²) < 4.78 is 63.8. The van der Waals surface area contributed by atoms with Crippen LogP contribution in [-0.2, 0) is 21.3 Å². The number of Topliss-reactive ketones (excluding diaryl/α,β-unsaturated/α-hetero) is 1. The Kier molecular flexibility index (Phi) is 2.89. The number of halogens is 3. The molecule has 114 valence electrons. The van der Waals surface area contributed by atoms with Crippen LogP contribution >= 0.6 is 0 Å². The van der Waals surface area contributed by atoms with Crippen molar-refractivity contribution in [3.05, 3.63) is 28.8 Å². The van der Waals surface area contributed by atoms with Crippen LogP contribution in [0.4, 0.5) is 13.2 Å². The number of benzene rings is 1. The lowest BCUT2D eigenvalue weighted by Crippen LogP contribution is -2.32. The molecular weight excluding hydrogens is 309 g/mol. The smallest absolute Gasteiger partial charge is 0.376 e. The molecule has 0 aromatic heterocycles. The minimum Gasteiger partial charge on any atom is -0.376 e. The molecule has 0 N–H and O–H groups in total. The molecule has 2 aliphatic rings. The molecule has 2 unspecified atom stereocenters. The van der Waals surface area contributed by atoms with Crippen molar-refractivity contribution in [1.82, 2.24) is 0 Å². The number of ketones is 1. The zero-order chi connectivity index (χ0) is 15.6. The molecule has 1 aromatic carbocycles. The second-order valence-electron chi connectivity index (χ2n) is 5.34. The lowest BCUT2D eigenvalue weighted by atomic mass is 9.72. The van der Waals surface area contributed by atoms with Crippen LogP contribution in [0.2, 0.25) is 0 Å². The van der Waals surface area contributed by atoms with E-state index in [1.54, 1.807) is 6.92 Å². The fourth-order valence-electron chi connectivity index (χ4n) is 3.09. The van der Waals surface area contributed by atoms with Crippen LogP contribution in [0.15, 0.2) is 12.1 Å². The summed E-state index contributed by atoms with van der Waals surface area (Å²) in [5.74, 6) is -0.544. The molecule has 0 bridgehead atoms. The zero-order valence-electron chi connectivity index (χ0n) is 10.9. The van der Waals surface area contributed by atoms with Crippen LogP contribution in [0, 0.1) is 12.8 Å². The molecule has 0 saturated heterocycles. The Balaban J connectivity index is 2.03. The maximum Gasteiger partial charge on any atom is 0.534 e. The first-order chi connectivity index (χ1) is 9.62. The third kappa shape index (κ3) is 2.04. The molecule has 3 rings (SSSR count). The fraction of sp³-hybridized carbons (Fsp3) is 0.462. The Labute approximate surface area is 119 Å². The van der Waals surface area contributed by atoms with Crippen LogP contribution in [-0.4, -0.2) is 19.7 Å². The lowest BCUT2D eigenvalue weighted by Gasteiger charge is -2.29. The second-order valence-corrected chi connectivity index (χ2v) is 6.88. The highest BCUT2D eigenvalue weighted by atomic mass is 32.2. The molecular formula is C13H11F3O4S. The molecule has 2 aliphatic carbocycles.